The van der Waals surface area contributed by atoms with Gasteiger partial charge in [0.2, 0.25) is 0 Å². The molecule has 0 unspecified atom stereocenters. The number of nitrogens with one attached hydrogen (secondary N) is 1. The molecular weight excluding hydrogens is 320 g/mol. The number of hydrogen-bond acceptors (Lipinski definition) is 5. The lowest BCUT2D eigenvalue weighted by atomic mass is 10.1. The SMILES string of the molecule is CCc1ccccc1NC(=O)c1c(C)nsc1Cc1ccncn1. The van der Waals surface area contributed by atoms with E-state index in [9.17, 15) is 4.79 Å². The summed E-state index contributed by atoms with van der Waals surface area (Å²) in [5, 5.41) is 3.03. The van der Waals surface area contributed by atoms with E-state index in [2.05, 4.69) is 26.6 Å². The van der Waals surface area contributed by atoms with E-state index < -0.39 is 0 Å². The maximum Gasteiger partial charge on any atom is 0.258 e. The van der Waals surface area contributed by atoms with Crippen LogP contribution in [0, 0.1) is 6.92 Å². The van der Waals surface area contributed by atoms with Gasteiger partial charge >= 0.3 is 0 Å². The van der Waals surface area contributed by atoms with E-state index in [1.54, 1.807) is 6.20 Å². The van der Waals surface area contributed by atoms with E-state index in [0.717, 1.165) is 33.9 Å². The number of rotatable bonds is 5. The van der Waals surface area contributed by atoms with Crippen molar-refractivity contribution < 1.29 is 4.79 Å². The van der Waals surface area contributed by atoms with Crippen LogP contribution in [0.25, 0.3) is 0 Å². The van der Waals surface area contributed by atoms with Crippen molar-refractivity contribution in [2.45, 2.75) is 26.7 Å². The second-order valence-electron chi connectivity index (χ2n) is 5.41. The fourth-order valence-electron chi connectivity index (χ4n) is 2.55. The molecule has 0 aliphatic rings. The van der Waals surface area contributed by atoms with Gasteiger partial charge in [0.15, 0.2) is 0 Å². The van der Waals surface area contributed by atoms with Crippen molar-refractivity contribution in [2.75, 3.05) is 5.32 Å². The van der Waals surface area contributed by atoms with Crippen LogP contribution in [0.3, 0.4) is 0 Å². The fourth-order valence-corrected chi connectivity index (χ4v) is 3.43. The molecule has 3 rings (SSSR count). The van der Waals surface area contributed by atoms with Crippen LogP contribution in [0.15, 0.2) is 42.9 Å². The number of hydrogen-bond donors (Lipinski definition) is 1. The first-order valence-corrected chi connectivity index (χ1v) is 8.55. The number of aryl methyl sites for hydroxylation is 2. The van der Waals surface area contributed by atoms with Gasteiger partial charge in [-0.15, -0.1) is 0 Å². The topological polar surface area (TPSA) is 67.8 Å². The third-order valence-corrected chi connectivity index (χ3v) is 4.73. The van der Waals surface area contributed by atoms with Gasteiger partial charge in [-0.25, -0.2) is 9.97 Å². The zero-order valence-electron chi connectivity index (χ0n) is 13.6. The van der Waals surface area contributed by atoms with Crippen molar-refractivity contribution in [2.24, 2.45) is 0 Å². The molecular formula is C18H18N4OS. The minimum atomic E-state index is -0.119. The molecule has 0 saturated heterocycles. The van der Waals surface area contributed by atoms with E-state index >= 15 is 0 Å². The van der Waals surface area contributed by atoms with Crippen molar-refractivity contribution >= 4 is 23.1 Å². The third-order valence-electron chi connectivity index (χ3n) is 3.79. The van der Waals surface area contributed by atoms with Crippen molar-refractivity contribution in [3.8, 4) is 0 Å². The highest BCUT2D eigenvalue weighted by Gasteiger charge is 2.19. The Hall–Kier alpha value is -2.60. The molecule has 3 aromatic rings. The Labute approximate surface area is 145 Å². The summed E-state index contributed by atoms with van der Waals surface area (Å²) in [7, 11) is 0. The molecule has 122 valence electrons. The highest BCUT2D eigenvalue weighted by molar-refractivity contribution is 7.06. The van der Waals surface area contributed by atoms with Gasteiger partial charge in [0.25, 0.3) is 5.91 Å². The van der Waals surface area contributed by atoms with E-state index in [1.807, 2.05) is 37.3 Å². The zero-order chi connectivity index (χ0) is 16.9. The van der Waals surface area contributed by atoms with Crippen molar-refractivity contribution in [1.82, 2.24) is 14.3 Å². The minimum Gasteiger partial charge on any atom is -0.322 e. The average Bonchev–Trinajstić information content (AvgIpc) is 2.96. The molecule has 0 aliphatic heterocycles. The smallest absolute Gasteiger partial charge is 0.258 e. The molecule has 0 atom stereocenters. The molecule has 0 spiro atoms. The fraction of sp³-hybridized carbons (Fsp3) is 0.222. The molecule has 2 heterocycles. The van der Waals surface area contributed by atoms with Crippen molar-refractivity contribution in [3.63, 3.8) is 0 Å². The summed E-state index contributed by atoms with van der Waals surface area (Å²) in [6.07, 6.45) is 4.66. The summed E-state index contributed by atoms with van der Waals surface area (Å²) in [4.78, 5) is 21.9. The van der Waals surface area contributed by atoms with Gasteiger partial charge in [0.05, 0.1) is 11.3 Å². The van der Waals surface area contributed by atoms with Crippen LogP contribution in [-0.4, -0.2) is 20.2 Å². The van der Waals surface area contributed by atoms with E-state index in [1.165, 1.54) is 17.9 Å². The Morgan fingerprint density at radius 3 is 2.83 bits per heavy atom. The zero-order valence-corrected chi connectivity index (χ0v) is 14.4. The summed E-state index contributed by atoms with van der Waals surface area (Å²) < 4.78 is 4.36. The number of carbonyl (C=O) groups excluding carboxylic acids is 1. The average molecular weight is 338 g/mol. The van der Waals surface area contributed by atoms with Gasteiger partial charge < -0.3 is 5.32 Å². The lowest BCUT2D eigenvalue weighted by molar-refractivity contribution is 0.102. The summed E-state index contributed by atoms with van der Waals surface area (Å²) in [6.45, 7) is 3.93. The molecule has 24 heavy (non-hydrogen) atoms. The maximum atomic E-state index is 12.8. The standard InChI is InChI=1S/C18H18N4OS/c1-3-13-6-4-5-7-15(13)21-18(23)17-12(2)22-24-16(17)10-14-8-9-19-11-20-14/h4-9,11H,3,10H2,1-2H3,(H,21,23). The molecule has 0 saturated carbocycles. The summed E-state index contributed by atoms with van der Waals surface area (Å²) in [5.74, 6) is -0.119. The molecule has 0 radical (unpaired) electrons. The minimum absolute atomic E-state index is 0.119. The number of anilines is 1. The van der Waals surface area contributed by atoms with Crippen molar-refractivity contribution in [1.29, 1.82) is 0 Å². The highest BCUT2D eigenvalue weighted by Crippen LogP contribution is 2.24. The highest BCUT2D eigenvalue weighted by atomic mass is 32.1. The van der Waals surface area contributed by atoms with Crippen LogP contribution in [-0.2, 0) is 12.8 Å². The number of benzene rings is 1. The van der Waals surface area contributed by atoms with Gasteiger partial charge in [-0.2, -0.15) is 4.37 Å². The van der Waals surface area contributed by atoms with Crippen LogP contribution < -0.4 is 5.32 Å². The quantitative estimate of drug-likeness (QED) is 0.771. The Bertz CT molecular complexity index is 845. The lowest BCUT2D eigenvalue weighted by Crippen LogP contribution is -2.15. The lowest BCUT2D eigenvalue weighted by Gasteiger charge is -2.10. The van der Waals surface area contributed by atoms with Crippen LogP contribution >= 0.6 is 11.5 Å². The molecule has 1 amide bonds. The molecule has 0 fully saturated rings. The monoisotopic (exact) mass is 338 g/mol. The Balaban J connectivity index is 1.86. The Morgan fingerprint density at radius 2 is 2.08 bits per heavy atom. The first kappa shape index (κ1) is 16.3. The van der Waals surface area contributed by atoms with Gasteiger partial charge in [-0.05, 0) is 42.6 Å². The van der Waals surface area contributed by atoms with Crippen LogP contribution in [0.1, 0.15) is 39.1 Å². The van der Waals surface area contributed by atoms with E-state index in [-0.39, 0.29) is 5.91 Å². The molecule has 0 aliphatic carbocycles. The third kappa shape index (κ3) is 3.49. The summed E-state index contributed by atoms with van der Waals surface area (Å²) in [5.41, 5.74) is 4.23. The van der Waals surface area contributed by atoms with E-state index in [0.29, 0.717) is 12.0 Å². The first-order chi connectivity index (χ1) is 11.7. The number of para-hydroxylation sites is 1. The van der Waals surface area contributed by atoms with Gasteiger partial charge in [0, 0.05) is 28.9 Å². The number of nitrogens with zero attached hydrogens (tertiary/aromatic N) is 3. The molecule has 1 aromatic carbocycles. The molecule has 5 nitrogen and oxygen atoms in total. The van der Waals surface area contributed by atoms with Crippen LogP contribution in [0.2, 0.25) is 0 Å². The maximum absolute atomic E-state index is 12.8. The number of carbonyl (C=O) groups is 1. The predicted molar refractivity (Wildman–Crippen MR) is 95.5 cm³/mol. The predicted octanol–water partition coefficient (Wildman–Crippen LogP) is 3.65. The number of aromatic nitrogens is 3. The Kier molecular flexibility index (Phi) is 4.96. The number of amides is 1. The largest absolute Gasteiger partial charge is 0.322 e. The summed E-state index contributed by atoms with van der Waals surface area (Å²) >= 11 is 1.35. The molecule has 6 heteroatoms. The molecule has 1 N–H and O–H groups in total. The second kappa shape index (κ2) is 7.31. The summed E-state index contributed by atoms with van der Waals surface area (Å²) in [6, 6.07) is 9.71. The Morgan fingerprint density at radius 1 is 1.25 bits per heavy atom. The van der Waals surface area contributed by atoms with Crippen LogP contribution in [0.4, 0.5) is 5.69 Å². The second-order valence-corrected chi connectivity index (χ2v) is 6.27. The van der Waals surface area contributed by atoms with Crippen molar-refractivity contribution in [3.05, 3.63) is 70.2 Å². The molecule has 0 bridgehead atoms. The van der Waals surface area contributed by atoms with Gasteiger partial charge in [0.1, 0.15) is 6.33 Å². The van der Waals surface area contributed by atoms with Gasteiger partial charge in [-0.1, -0.05) is 25.1 Å². The normalized spacial score (nSPS) is 10.6. The molecule has 2 aromatic heterocycles. The van der Waals surface area contributed by atoms with Gasteiger partial charge in [-0.3, -0.25) is 4.79 Å². The van der Waals surface area contributed by atoms with E-state index in [4.69, 9.17) is 0 Å². The van der Waals surface area contributed by atoms with Crippen LogP contribution in [0.5, 0.6) is 0 Å². The first-order valence-electron chi connectivity index (χ1n) is 7.78.